The minimum Gasteiger partial charge on any atom is -0.457 e. The molecule has 1 aliphatic rings. The molecule has 0 spiro atoms. The van der Waals surface area contributed by atoms with Crippen LogP contribution in [-0.4, -0.2) is 9.97 Å². The summed E-state index contributed by atoms with van der Waals surface area (Å²) >= 11 is 0. The number of fused-ring (bicyclic) bond motifs is 3. The number of rotatable bonds is 7. The smallest absolute Gasteiger partial charge is 0.128 e. The van der Waals surface area contributed by atoms with Crippen LogP contribution in [0.1, 0.15) is 113 Å². The third-order valence-electron chi connectivity index (χ3n) is 14.2. The van der Waals surface area contributed by atoms with E-state index in [4.69, 9.17) is 14.7 Å². The molecule has 0 radical (unpaired) electrons. The van der Waals surface area contributed by atoms with Gasteiger partial charge in [0.1, 0.15) is 11.5 Å². The highest BCUT2D eigenvalue weighted by Crippen LogP contribution is 2.59. The van der Waals surface area contributed by atoms with Gasteiger partial charge in [0.15, 0.2) is 0 Å². The normalized spacial score (nSPS) is 13.5. The summed E-state index contributed by atoms with van der Waals surface area (Å²) in [4.78, 5) is 12.8. The molecule has 0 N–H and O–H groups in total. The minimum atomic E-state index is -0.851. The van der Waals surface area contributed by atoms with Crippen molar-refractivity contribution in [3.05, 3.63) is 232 Å². The third-order valence-corrected chi connectivity index (χ3v) is 14.2. The Morgan fingerprint density at radius 1 is 0.464 bits per heavy atom. The van der Waals surface area contributed by atoms with Crippen molar-refractivity contribution in [1.29, 1.82) is 0 Å². The van der Waals surface area contributed by atoms with Gasteiger partial charge in [0.2, 0.25) is 0 Å². The van der Waals surface area contributed by atoms with Gasteiger partial charge < -0.3 is 9.64 Å². The van der Waals surface area contributed by atoms with Gasteiger partial charge in [0.25, 0.3) is 0 Å². The Balaban J connectivity index is 1.22. The van der Waals surface area contributed by atoms with Crippen LogP contribution in [0.4, 0.5) is 17.1 Å². The quantitative estimate of drug-likeness (QED) is 0.160. The van der Waals surface area contributed by atoms with Crippen molar-refractivity contribution in [2.45, 2.75) is 97.8 Å². The summed E-state index contributed by atoms with van der Waals surface area (Å²) in [6.45, 7) is 25.0. The maximum absolute atomic E-state index is 7.18. The Kier molecular flexibility index (Phi) is 11.2. The largest absolute Gasteiger partial charge is 0.457 e. The second-order valence-corrected chi connectivity index (χ2v) is 22.1. The van der Waals surface area contributed by atoms with Crippen molar-refractivity contribution < 1.29 is 4.74 Å². The number of nitrogens with zero attached hydrogens (tertiary/aromatic N) is 3. The lowest BCUT2D eigenvalue weighted by molar-refractivity contribution is 0.481. The van der Waals surface area contributed by atoms with Crippen LogP contribution in [0.5, 0.6) is 11.5 Å². The average molecular weight is 902 g/mol. The predicted octanol–water partition coefficient (Wildman–Crippen LogP) is 17.4. The zero-order valence-electron chi connectivity index (χ0n) is 42.1. The Hall–Kier alpha value is -7.30. The molecule has 3 heterocycles. The van der Waals surface area contributed by atoms with Crippen LogP contribution < -0.4 is 9.64 Å². The summed E-state index contributed by atoms with van der Waals surface area (Å²) in [5.41, 5.74) is 17.1. The van der Waals surface area contributed by atoms with Crippen LogP contribution in [0.25, 0.3) is 33.2 Å². The number of pyridine rings is 2. The standard InChI is InChI=1S/C65H63N3O/c1-42-18-16-19-43(2)61(42)47-34-46(57-37-44-20-12-13-21-45(44)41-67-57)35-54(36-47)69-53-23-17-22-51(38-53)65(60-24-14-15-33-66-60)55-39-49(63(6,7)8)27-31-58(55)68(52-29-25-48(26-30-52)62(3,4)5)59-32-28-50(40-56(59)65)64(9,10)11/h12-41H,1-11H3. The zero-order chi connectivity index (χ0) is 48.5. The molecule has 9 aromatic rings. The second-order valence-electron chi connectivity index (χ2n) is 22.1. The van der Waals surface area contributed by atoms with E-state index in [1.165, 1.54) is 44.5 Å². The van der Waals surface area contributed by atoms with E-state index >= 15 is 0 Å². The molecular formula is C65H63N3O. The molecule has 344 valence electrons. The van der Waals surface area contributed by atoms with Crippen molar-refractivity contribution in [2.75, 3.05) is 4.90 Å². The number of benzene rings is 7. The van der Waals surface area contributed by atoms with E-state index in [2.05, 4.69) is 245 Å². The van der Waals surface area contributed by atoms with Gasteiger partial charge >= 0.3 is 0 Å². The topological polar surface area (TPSA) is 38.2 Å². The second kappa shape index (κ2) is 17.0. The van der Waals surface area contributed by atoms with Gasteiger partial charge in [-0.2, -0.15) is 0 Å². The van der Waals surface area contributed by atoms with Crippen molar-refractivity contribution >= 4 is 27.8 Å². The number of aryl methyl sites for hydroxylation is 2. The molecule has 1 aliphatic heterocycles. The molecule has 0 bridgehead atoms. The molecule has 0 aliphatic carbocycles. The fourth-order valence-electron chi connectivity index (χ4n) is 10.4. The highest BCUT2D eigenvalue weighted by atomic mass is 16.5. The van der Waals surface area contributed by atoms with E-state index in [-0.39, 0.29) is 16.2 Å². The third kappa shape index (κ3) is 8.30. The fraction of sp³-hybridized carbons (Fsp3) is 0.231. The van der Waals surface area contributed by atoms with E-state index < -0.39 is 5.41 Å². The first-order valence-corrected chi connectivity index (χ1v) is 24.4. The van der Waals surface area contributed by atoms with Crippen LogP contribution in [0.3, 0.4) is 0 Å². The molecule has 0 fully saturated rings. The van der Waals surface area contributed by atoms with E-state index in [0.29, 0.717) is 0 Å². The first-order valence-electron chi connectivity index (χ1n) is 24.4. The molecule has 0 amide bonds. The van der Waals surface area contributed by atoms with Crippen LogP contribution in [0, 0.1) is 13.8 Å². The molecule has 0 saturated heterocycles. The molecule has 10 rings (SSSR count). The lowest BCUT2D eigenvalue weighted by Crippen LogP contribution is -2.39. The van der Waals surface area contributed by atoms with Gasteiger partial charge in [-0.15, -0.1) is 0 Å². The Morgan fingerprint density at radius 3 is 1.65 bits per heavy atom. The summed E-state index contributed by atoms with van der Waals surface area (Å²) < 4.78 is 7.18. The maximum atomic E-state index is 7.18. The number of hydrogen-bond acceptors (Lipinski definition) is 4. The zero-order valence-corrected chi connectivity index (χ0v) is 42.1. The highest BCUT2D eigenvalue weighted by molar-refractivity contribution is 5.90. The molecular weight excluding hydrogens is 839 g/mol. The molecule has 7 aromatic carbocycles. The summed E-state index contributed by atoms with van der Waals surface area (Å²) in [7, 11) is 0. The number of ether oxygens (including phenoxy) is 1. The predicted molar refractivity (Wildman–Crippen MR) is 289 cm³/mol. The van der Waals surface area contributed by atoms with Crippen LogP contribution in [-0.2, 0) is 21.7 Å². The molecule has 4 nitrogen and oxygen atoms in total. The molecule has 4 heteroatoms. The van der Waals surface area contributed by atoms with Gasteiger partial charge in [0, 0.05) is 29.0 Å². The van der Waals surface area contributed by atoms with Crippen molar-refractivity contribution in [3.8, 4) is 33.9 Å². The van der Waals surface area contributed by atoms with Gasteiger partial charge in [-0.25, -0.2) is 0 Å². The van der Waals surface area contributed by atoms with Crippen molar-refractivity contribution in [2.24, 2.45) is 0 Å². The lowest BCUT2D eigenvalue weighted by Gasteiger charge is -2.47. The van der Waals surface area contributed by atoms with Crippen LogP contribution in [0.15, 0.2) is 182 Å². The minimum absolute atomic E-state index is 0.0241. The van der Waals surface area contributed by atoms with E-state index in [1.54, 1.807) is 0 Å². The van der Waals surface area contributed by atoms with E-state index in [1.807, 2.05) is 18.5 Å². The van der Waals surface area contributed by atoms with Gasteiger partial charge in [-0.1, -0.05) is 159 Å². The van der Waals surface area contributed by atoms with Crippen LogP contribution >= 0.6 is 0 Å². The van der Waals surface area contributed by atoms with Crippen molar-refractivity contribution in [3.63, 3.8) is 0 Å². The first kappa shape index (κ1) is 45.5. The summed E-state index contributed by atoms with van der Waals surface area (Å²) in [6, 6.07) is 62.1. The number of aromatic nitrogens is 2. The number of anilines is 3. The fourth-order valence-corrected chi connectivity index (χ4v) is 10.4. The molecule has 0 saturated carbocycles. The summed E-state index contributed by atoms with van der Waals surface area (Å²) in [6.07, 6.45) is 3.91. The summed E-state index contributed by atoms with van der Waals surface area (Å²) in [5.74, 6) is 1.48. The van der Waals surface area contributed by atoms with Crippen LogP contribution in [0.2, 0.25) is 0 Å². The van der Waals surface area contributed by atoms with Gasteiger partial charge in [-0.3, -0.25) is 9.97 Å². The van der Waals surface area contributed by atoms with E-state index in [9.17, 15) is 0 Å². The van der Waals surface area contributed by atoms with Gasteiger partial charge in [-0.05, 0) is 164 Å². The first-order chi connectivity index (χ1) is 32.9. The SMILES string of the molecule is Cc1cccc(C)c1-c1cc(Oc2cccc(C3(c4ccccn4)c4cc(C(C)(C)C)ccc4N(c4ccc(C(C)(C)C)cc4)c4ccc(C(C)(C)C)cc43)c2)cc(-c2cc3ccccc3cn2)c1. The maximum Gasteiger partial charge on any atom is 0.128 e. The molecule has 0 unspecified atom stereocenters. The summed E-state index contributed by atoms with van der Waals surface area (Å²) in [5, 5.41) is 2.26. The molecule has 0 atom stereocenters. The van der Waals surface area contributed by atoms with Gasteiger partial charge in [0.05, 0.1) is 28.2 Å². The van der Waals surface area contributed by atoms with E-state index in [0.717, 1.165) is 67.4 Å². The molecule has 2 aromatic heterocycles. The Labute approximate surface area is 409 Å². The lowest BCUT2D eigenvalue weighted by atomic mass is 9.62. The monoisotopic (exact) mass is 901 g/mol. The molecule has 69 heavy (non-hydrogen) atoms. The average Bonchev–Trinajstić information content (AvgIpc) is 3.32. The number of hydrogen-bond donors (Lipinski definition) is 0. The Bertz CT molecular complexity index is 3300. The van der Waals surface area contributed by atoms with Crippen molar-refractivity contribution in [1.82, 2.24) is 9.97 Å². The highest BCUT2D eigenvalue weighted by Gasteiger charge is 2.49. The Morgan fingerprint density at radius 2 is 1.04 bits per heavy atom.